The second-order valence-corrected chi connectivity index (χ2v) is 6.75. The van der Waals surface area contributed by atoms with Gasteiger partial charge in [-0.2, -0.15) is 0 Å². The zero-order valence-corrected chi connectivity index (χ0v) is 11.9. The fourth-order valence-electron chi connectivity index (χ4n) is 1.43. The van der Waals surface area contributed by atoms with Gasteiger partial charge in [-0.1, -0.05) is 41.5 Å². The average molecular weight is 225 g/mol. The Morgan fingerprint density at radius 3 is 1.75 bits per heavy atom. The Morgan fingerprint density at radius 1 is 1.00 bits per heavy atom. The van der Waals surface area contributed by atoms with E-state index < -0.39 is 0 Å². The molecule has 0 saturated heterocycles. The van der Waals surface area contributed by atoms with E-state index in [9.17, 15) is 0 Å². The van der Waals surface area contributed by atoms with E-state index in [1.165, 1.54) is 0 Å². The van der Waals surface area contributed by atoms with Crippen LogP contribution < -0.4 is 5.32 Å². The lowest BCUT2D eigenvalue weighted by Gasteiger charge is -2.23. The Bertz CT molecular complexity index is 264. The molecule has 0 unspecified atom stereocenters. The predicted octanol–water partition coefficient (Wildman–Crippen LogP) is 3.45. The molecule has 0 bridgehead atoms. The molecule has 2 N–H and O–H groups in total. The summed E-state index contributed by atoms with van der Waals surface area (Å²) >= 11 is 0. The second kappa shape index (κ2) is 5.46. The van der Waals surface area contributed by atoms with Crippen molar-refractivity contribution in [2.45, 2.75) is 54.4 Å². The maximum atomic E-state index is 7.89. The van der Waals surface area contributed by atoms with Gasteiger partial charge in [0.15, 0.2) is 0 Å². The molecule has 3 heteroatoms. The first-order valence-corrected chi connectivity index (χ1v) is 5.84. The summed E-state index contributed by atoms with van der Waals surface area (Å²) in [4.78, 5) is 4.21. The van der Waals surface area contributed by atoms with Crippen LogP contribution in [-0.4, -0.2) is 18.7 Å². The standard InChI is InChI=1S/C13H27N3/c1-12(2,3)8-10(14)16-11(15-7)9-13(4,5)6/h8-9H2,1-7H3,(H2,14,15,16). The topological polar surface area (TPSA) is 48.2 Å². The highest BCUT2D eigenvalue weighted by molar-refractivity contribution is 5.99. The number of aliphatic imine (C=N–C) groups is 1. The smallest absolute Gasteiger partial charge is 0.102 e. The van der Waals surface area contributed by atoms with Crippen LogP contribution in [0.25, 0.3) is 0 Å². The van der Waals surface area contributed by atoms with Gasteiger partial charge in [0.2, 0.25) is 0 Å². The minimum Gasteiger partial charge on any atom is -0.333 e. The van der Waals surface area contributed by atoms with Crippen LogP contribution >= 0.6 is 0 Å². The van der Waals surface area contributed by atoms with Gasteiger partial charge in [-0.25, -0.2) is 0 Å². The fraction of sp³-hybridized carbons (Fsp3) is 0.846. The molecule has 0 heterocycles. The minimum atomic E-state index is 0.144. The number of hydrogen-bond acceptors (Lipinski definition) is 2. The minimum absolute atomic E-state index is 0.144. The molecular formula is C13H27N3. The molecular weight excluding hydrogens is 198 g/mol. The highest BCUT2D eigenvalue weighted by Gasteiger charge is 2.17. The van der Waals surface area contributed by atoms with Crippen LogP contribution in [0.15, 0.2) is 4.99 Å². The van der Waals surface area contributed by atoms with E-state index in [0.717, 1.165) is 18.7 Å². The maximum Gasteiger partial charge on any atom is 0.102 e. The zero-order chi connectivity index (χ0) is 13.0. The van der Waals surface area contributed by atoms with E-state index in [4.69, 9.17) is 5.41 Å². The Kier molecular flexibility index (Phi) is 5.17. The number of nitrogens with zero attached hydrogens (tertiary/aromatic N) is 1. The second-order valence-electron chi connectivity index (χ2n) is 6.75. The first kappa shape index (κ1) is 15.1. The molecule has 0 radical (unpaired) electrons. The van der Waals surface area contributed by atoms with E-state index in [1.807, 2.05) is 0 Å². The molecule has 0 aliphatic heterocycles. The largest absolute Gasteiger partial charge is 0.333 e. The van der Waals surface area contributed by atoms with Gasteiger partial charge < -0.3 is 5.32 Å². The molecule has 0 aliphatic carbocycles. The molecule has 0 fully saturated rings. The number of hydrogen-bond donors (Lipinski definition) is 2. The SMILES string of the molecule is CN=C(CC(C)(C)C)NC(=N)CC(C)(C)C. The van der Waals surface area contributed by atoms with Gasteiger partial charge in [0, 0.05) is 19.9 Å². The van der Waals surface area contributed by atoms with Crippen molar-refractivity contribution < 1.29 is 0 Å². The Morgan fingerprint density at radius 2 is 1.44 bits per heavy atom. The molecule has 0 aromatic carbocycles. The van der Waals surface area contributed by atoms with E-state index in [1.54, 1.807) is 7.05 Å². The summed E-state index contributed by atoms with van der Waals surface area (Å²) in [6.45, 7) is 12.9. The summed E-state index contributed by atoms with van der Waals surface area (Å²) in [7, 11) is 1.78. The van der Waals surface area contributed by atoms with Crippen LogP contribution in [0, 0.1) is 16.2 Å². The third-order valence-corrected chi connectivity index (χ3v) is 1.97. The van der Waals surface area contributed by atoms with Gasteiger partial charge in [-0.05, 0) is 10.8 Å². The van der Waals surface area contributed by atoms with Crippen LogP contribution in [0.2, 0.25) is 0 Å². The third kappa shape index (κ3) is 8.45. The molecule has 0 saturated carbocycles. The van der Waals surface area contributed by atoms with Crippen LogP contribution in [-0.2, 0) is 0 Å². The van der Waals surface area contributed by atoms with Crippen LogP contribution in [0.4, 0.5) is 0 Å². The molecule has 0 aliphatic rings. The molecule has 94 valence electrons. The van der Waals surface area contributed by atoms with Gasteiger partial charge in [-0.15, -0.1) is 0 Å². The fourth-order valence-corrected chi connectivity index (χ4v) is 1.43. The van der Waals surface area contributed by atoms with Gasteiger partial charge in [0.05, 0.1) is 5.84 Å². The van der Waals surface area contributed by atoms with Gasteiger partial charge in [0.1, 0.15) is 5.84 Å². The predicted molar refractivity (Wildman–Crippen MR) is 72.4 cm³/mol. The van der Waals surface area contributed by atoms with Gasteiger partial charge >= 0.3 is 0 Å². The highest BCUT2D eigenvalue weighted by Crippen LogP contribution is 2.20. The van der Waals surface area contributed by atoms with Crippen LogP contribution in [0.5, 0.6) is 0 Å². The molecule has 0 aromatic rings. The lowest BCUT2D eigenvalue weighted by molar-refractivity contribution is 0.424. The lowest BCUT2D eigenvalue weighted by atomic mass is 9.90. The summed E-state index contributed by atoms with van der Waals surface area (Å²) in [6.07, 6.45) is 1.62. The molecule has 0 atom stereocenters. The van der Waals surface area contributed by atoms with E-state index in [2.05, 4.69) is 51.9 Å². The maximum absolute atomic E-state index is 7.89. The van der Waals surface area contributed by atoms with E-state index in [-0.39, 0.29) is 10.8 Å². The Balaban J connectivity index is 4.31. The summed E-state index contributed by atoms with van der Waals surface area (Å²) in [5, 5.41) is 11.0. The lowest BCUT2D eigenvalue weighted by Crippen LogP contribution is -2.34. The summed E-state index contributed by atoms with van der Waals surface area (Å²) in [5.41, 5.74) is 0.342. The first-order chi connectivity index (χ1) is 7.03. The van der Waals surface area contributed by atoms with Crippen molar-refractivity contribution in [3.8, 4) is 0 Å². The Labute approximate surface area is 100 Å². The van der Waals surface area contributed by atoms with Gasteiger partial charge in [0.25, 0.3) is 0 Å². The third-order valence-electron chi connectivity index (χ3n) is 1.97. The van der Waals surface area contributed by atoms with Gasteiger partial charge in [-0.3, -0.25) is 10.4 Å². The monoisotopic (exact) mass is 225 g/mol. The summed E-state index contributed by atoms with van der Waals surface area (Å²) < 4.78 is 0. The number of amidine groups is 2. The Hall–Kier alpha value is -0.860. The average Bonchev–Trinajstić information content (AvgIpc) is 1.96. The van der Waals surface area contributed by atoms with Crippen molar-refractivity contribution in [2.24, 2.45) is 15.8 Å². The van der Waals surface area contributed by atoms with Crippen molar-refractivity contribution in [3.63, 3.8) is 0 Å². The quantitative estimate of drug-likeness (QED) is 0.549. The zero-order valence-electron chi connectivity index (χ0n) is 11.9. The van der Waals surface area contributed by atoms with Crippen molar-refractivity contribution in [1.82, 2.24) is 5.32 Å². The van der Waals surface area contributed by atoms with E-state index >= 15 is 0 Å². The van der Waals surface area contributed by atoms with Crippen molar-refractivity contribution in [2.75, 3.05) is 7.05 Å². The van der Waals surface area contributed by atoms with Crippen molar-refractivity contribution >= 4 is 11.7 Å². The van der Waals surface area contributed by atoms with Crippen LogP contribution in [0.1, 0.15) is 54.4 Å². The van der Waals surface area contributed by atoms with Crippen molar-refractivity contribution in [1.29, 1.82) is 5.41 Å². The first-order valence-electron chi connectivity index (χ1n) is 5.84. The molecule has 0 aromatic heterocycles. The molecule has 0 rings (SSSR count). The normalized spacial score (nSPS) is 13.8. The summed E-state index contributed by atoms with van der Waals surface area (Å²) in [5.74, 6) is 1.46. The number of rotatable bonds is 2. The molecule has 0 amide bonds. The van der Waals surface area contributed by atoms with E-state index in [0.29, 0.717) is 5.84 Å². The highest BCUT2D eigenvalue weighted by atomic mass is 15.0. The molecule has 3 nitrogen and oxygen atoms in total. The molecule has 16 heavy (non-hydrogen) atoms. The van der Waals surface area contributed by atoms with Crippen molar-refractivity contribution in [3.05, 3.63) is 0 Å². The molecule has 0 spiro atoms. The summed E-state index contributed by atoms with van der Waals surface area (Å²) in [6, 6.07) is 0. The van der Waals surface area contributed by atoms with Crippen LogP contribution in [0.3, 0.4) is 0 Å². The number of nitrogens with one attached hydrogen (secondary N) is 2.